The number of hydrogen-bond acceptors (Lipinski definition) is 5. The van der Waals surface area contributed by atoms with Crippen LogP contribution in [0.5, 0.6) is 11.5 Å². The van der Waals surface area contributed by atoms with Gasteiger partial charge in [0.1, 0.15) is 11.5 Å². The lowest BCUT2D eigenvalue weighted by Gasteiger charge is -2.25. The molecule has 0 saturated heterocycles. The summed E-state index contributed by atoms with van der Waals surface area (Å²) in [6.45, 7) is 3.91. The van der Waals surface area contributed by atoms with Crippen LogP contribution in [0.15, 0.2) is 60.7 Å². The Hall–Kier alpha value is -3.98. The molecule has 1 unspecified atom stereocenters. The third-order valence-corrected chi connectivity index (χ3v) is 6.67. The SMILES string of the molecule is CCN(c1ccc(C#N)cc1)c1cccc2c1OCC2Cc1ccc2c(c1)OC[C@H]2CC(=O)O. The number of fused-ring (bicyclic) bond motifs is 2. The highest BCUT2D eigenvalue weighted by molar-refractivity contribution is 5.72. The lowest BCUT2D eigenvalue weighted by Crippen LogP contribution is -2.16. The molecule has 34 heavy (non-hydrogen) atoms. The quantitative estimate of drug-likeness (QED) is 0.516. The Balaban J connectivity index is 1.38. The number of ether oxygens (including phenoxy) is 2. The minimum absolute atomic E-state index is 0.0816. The molecule has 0 radical (unpaired) electrons. The summed E-state index contributed by atoms with van der Waals surface area (Å²) in [5.74, 6) is 1.06. The number of carboxylic acid groups (broad SMARTS) is 1. The number of aliphatic carboxylic acids is 1. The number of carbonyl (C=O) groups is 1. The summed E-state index contributed by atoms with van der Waals surface area (Å²) in [4.78, 5) is 13.3. The fourth-order valence-electron chi connectivity index (χ4n) is 5.00. The minimum Gasteiger partial charge on any atom is -0.493 e. The third kappa shape index (κ3) is 4.06. The van der Waals surface area contributed by atoms with Crippen molar-refractivity contribution in [1.82, 2.24) is 0 Å². The highest BCUT2D eigenvalue weighted by atomic mass is 16.5. The van der Waals surface area contributed by atoms with Crippen LogP contribution in [-0.2, 0) is 11.2 Å². The average Bonchev–Trinajstić information content (AvgIpc) is 3.44. The van der Waals surface area contributed by atoms with Gasteiger partial charge in [-0.2, -0.15) is 5.26 Å². The molecular formula is C28H26N2O4. The second-order valence-electron chi connectivity index (χ2n) is 8.79. The number of benzene rings is 3. The van der Waals surface area contributed by atoms with Crippen LogP contribution in [0.1, 0.15) is 47.4 Å². The molecule has 172 valence electrons. The van der Waals surface area contributed by atoms with Crippen LogP contribution in [0, 0.1) is 11.3 Å². The largest absolute Gasteiger partial charge is 0.493 e. The van der Waals surface area contributed by atoms with Gasteiger partial charge in [0.05, 0.1) is 37.0 Å². The Morgan fingerprint density at radius 3 is 2.59 bits per heavy atom. The molecule has 3 aromatic rings. The van der Waals surface area contributed by atoms with Crippen LogP contribution in [0.25, 0.3) is 0 Å². The maximum absolute atomic E-state index is 11.1. The standard InChI is InChI=1S/C28H26N2O4/c1-2-30(22-9-6-18(15-29)7-10-22)25-5-3-4-24-20(17-34-28(24)25)12-19-8-11-23-21(14-27(31)32)16-33-26(23)13-19/h3-11,13,20-21H,2,12,14,16-17H2,1H3,(H,31,32)/t20?,21-/m1/s1. The first-order valence-electron chi connectivity index (χ1n) is 11.6. The molecule has 0 saturated carbocycles. The molecule has 1 N–H and O–H groups in total. The number of hydrogen-bond donors (Lipinski definition) is 1. The van der Waals surface area contributed by atoms with Crippen molar-refractivity contribution in [2.75, 3.05) is 24.7 Å². The normalized spacial score (nSPS) is 17.8. The summed E-state index contributed by atoms with van der Waals surface area (Å²) in [6, 6.07) is 22.2. The van der Waals surface area contributed by atoms with Crippen molar-refractivity contribution in [2.45, 2.75) is 31.6 Å². The van der Waals surface area contributed by atoms with Gasteiger partial charge < -0.3 is 19.5 Å². The summed E-state index contributed by atoms with van der Waals surface area (Å²) in [6.07, 6.45) is 0.909. The molecule has 3 aromatic carbocycles. The van der Waals surface area contributed by atoms with E-state index in [2.05, 4.69) is 42.2 Å². The molecule has 2 atom stereocenters. The molecule has 2 aliphatic rings. The lowest BCUT2D eigenvalue weighted by molar-refractivity contribution is -0.137. The maximum Gasteiger partial charge on any atom is 0.304 e. The van der Waals surface area contributed by atoms with Crippen LogP contribution in [0.3, 0.4) is 0 Å². The zero-order chi connectivity index (χ0) is 23.7. The van der Waals surface area contributed by atoms with Gasteiger partial charge in [0, 0.05) is 35.2 Å². The number of para-hydroxylation sites is 1. The van der Waals surface area contributed by atoms with Crippen LogP contribution >= 0.6 is 0 Å². The van der Waals surface area contributed by atoms with Gasteiger partial charge in [-0.3, -0.25) is 4.79 Å². The molecule has 6 nitrogen and oxygen atoms in total. The number of nitrogens with zero attached hydrogens (tertiary/aromatic N) is 2. The second-order valence-corrected chi connectivity index (χ2v) is 8.79. The van der Waals surface area contributed by atoms with E-state index < -0.39 is 5.97 Å². The first-order chi connectivity index (χ1) is 16.6. The lowest BCUT2D eigenvalue weighted by atomic mass is 9.91. The van der Waals surface area contributed by atoms with Gasteiger partial charge in [0.25, 0.3) is 0 Å². The van der Waals surface area contributed by atoms with Gasteiger partial charge in [-0.1, -0.05) is 24.3 Å². The molecule has 0 aromatic heterocycles. The molecule has 0 aliphatic carbocycles. The Labute approximate surface area is 199 Å². The van der Waals surface area contributed by atoms with Crippen molar-refractivity contribution in [1.29, 1.82) is 5.26 Å². The molecule has 0 amide bonds. The molecule has 5 rings (SSSR count). The molecular weight excluding hydrogens is 428 g/mol. The summed E-state index contributed by atoms with van der Waals surface area (Å²) in [7, 11) is 0. The molecule has 0 bridgehead atoms. The third-order valence-electron chi connectivity index (χ3n) is 6.67. The van der Waals surface area contributed by atoms with Crippen molar-refractivity contribution in [3.8, 4) is 17.6 Å². The fourth-order valence-corrected chi connectivity index (χ4v) is 5.00. The van der Waals surface area contributed by atoms with Gasteiger partial charge in [-0.05, 0) is 55.3 Å². The van der Waals surface area contributed by atoms with E-state index in [1.54, 1.807) is 0 Å². The van der Waals surface area contributed by atoms with E-state index in [0.717, 1.165) is 47.0 Å². The smallest absolute Gasteiger partial charge is 0.304 e. The Kier molecular flexibility index (Phi) is 5.85. The number of rotatable bonds is 7. The zero-order valence-corrected chi connectivity index (χ0v) is 19.0. The van der Waals surface area contributed by atoms with E-state index in [1.807, 2.05) is 36.4 Å². The molecule has 2 aliphatic heterocycles. The van der Waals surface area contributed by atoms with Crippen molar-refractivity contribution in [2.24, 2.45) is 0 Å². The van der Waals surface area contributed by atoms with Gasteiger partial charge in [0.15, 0.2) is 0 Å². The maximum atomic E-state index is 11.1. The van der Waals surface area contributed by atoms with E-state index >= 15 is 0 Å². The molecule has 6 heteroatoms. The summed E-state index contributed by atoms with van der Waals surface area (Å²) >= 11 is 0. The van der Waals surface area contributed by atoms with Gasteiger partial charge in [-0.25, -0.2) is 0 Å². The van der Waals surface area contributed by atoms with Gasteiger partial charge in [0.2, 0.25) is 0 Å². The highest BCUT2D eigenvalue weighted by Gasteiger charge is 2.30. The van der Waals surface area contributed by atoms with Crippen LogP contribution in [-0.4, -0.2) is 30.8 Å². The van der Waals surface area contributed by atoms with E-state index in [0.29, 0.717) is 18.8 Å². The topological polar surface area (TPSA) is 82.8 Å². The van der Waals surface area contributed by atoms with E-state index in [1.165, 1.54) is 5.56 Å². The van der Waals surface area contributed by atoms with E-state index in [4.69, 9.17) is 19.8 Å². The predicted molar refractivity (Wildman–Crippen MR) is 129 cm³/mol. The molecule has 0 spiro atoms. The summed E-state index contributed by atoms with van der Waals surface area (Å²) in [5.41, 5.74) is 6.02. The number of nitriles is 1. The van der Waals surface area contributed by atoms with Crippen LogP contribution in [0.4, 0.5) is 11.4 Å². The van der Waals surface area contributed by atoms with Crippen molar-refractivity contribution in [3.05, 3.63) is 82.9 Å². The Morgan fingerprint density at radius 1 is 1.06 bits per heavy atom. The first-order valence-corrected chi connectivity index (χ1v) is 11.6. The van der Waals surface area contributed by atoms with Gasteiger partial charge >= 0.3 is 5.97 Å². The van der Waals surface area contributed by atoms with Crippen molar-refractivity contribution in [3.63, 3.8) is 0 Å². The second kappa shape index (κ2) is 9.11. The molecule has 0 fully saturated rings. The van der Waals surface area contributed by atoms with Crippen LogP contribution in [0.2, 0.25) is 0 Å². The zero-order valence-electron chi connectivity index (χ0n) is 19.0. The minimum atomic E-state index is -0.803. The monoisotopic (exact) mass is 454 g/mol. The van der Waals surface area contributed by atoms with E-state index in [-0.39, 0.29) is 18.3 Å². The van der Waals surface area contributed by atoms with Crippen molar-refractivity contribution >= 4 is 17.3 Å². The average molecular weight is 455 g/mol. The highest BCUT2D eigenvalue weighted by Crippen LogP contribution is 2.45. The predicted octanol–water partition coefficient (Wildman–Crippen LogP) is 5.39. The number of carboxylic acids is 1. The van der Waals surface area contributed by atoms with E-state index in [9.17, 15) is 4.79 Å². The Morgan fingerprint density at radius 2 is 1.85 bits per heavy atom. The molecule has 2 heterocycles. The Bertz CT molecular complexity index is 1260. The van der Waals surface area contributed by atoms with Gasteiger partial charge in [-0.15, -0.1) is 0 Å². The fraction of sp³-hybridized carbons (Fsp3) is 0.286. The first kappa shape index (κ1) is 21.8. The summed E-state index contributed by atoms with van der Waals surface area (Å²) in [5, 5.41) is 18.2. The van der Waals surface area contributed by atoms with Crippen molar-refractivity contribution < 1.29 is 19.4 Å². The summed E-state index contributed by atoms with van der Waals surface area (Å²) < 4.78 is 12.0. The number of anilines is 2. The van der Waals surface area contributed by atoms with Crippen LogP contribution < -0.4 is 14.4 Å².